The van der Waals surface area contributed by atoms with Crippen LogP contribution in [0.15, 0.2) is 22.7 Å². The van der Waals surface area contributed by atoms with Gasteiger partial charge in [-0.3, -0.25) is 0 Å². The molecule has 2 nitrogen and oxygen atoms in total. The highest BCUT2D eigenvalue weighted by Gasteiger charge is 2.40. The number of anilines is 1. The SMILES string of the molecule is CN(CC1(N(C)C)CCC1)c1ccc(CBr)cc1Br. The van der Waals surface area contributed by atoms with Crippen molar-refractivity contribution < 1.29 is 0 Å². The summed E-state index contributed by atoms with van der Waals surface area (Å²) in [4.78, 5) is 4.77. The van der Waals surface area contributed by atoms with Gasteiger partial charge in [0, 0.05) is 28.9 Å². The molecule has 0 heterocycles. The molecule has 1 aliphatic rings. The Morgan fingerprint density at radius 2 is 1.89 bits per heavy atom. The number of alkyl halides is 1. The molecular formula is C15H22Br2N2. The lowest BCUT2D eigenvalue weighted by molar-refractivity contribution is 0.0683. The lowest BCUT2D eigenvalue weighted by Crippen LogP contribution is -2.56. The summed E-state index contributed by atoms with van der Waals surface area (Å²) in [6.07, 6.45) is 3.97. The van der Waals surface area contributed by atoms with Crippen molar-refractivity contribution in [1.82, 2.24) is 4.90 Å². The standard InChI is InChI=1S/C15H22Br2N2/c1-18(2)15(7-4-8-15)11-19(3)14-6-5-12(10-16)9-13(14)17/h5-6,9H,4,7-8,10-11H2,1-3H3. The van der Waals surface area contributed by atoms with E-state index in [0.717, 1.165) is 11.9 Å². The minimum atomic E-state index is 0.363. The normalized spacial score (nSPS) is 17.4. The number of benzene rings is 1. The predicted molar refractivity (Wildman–Crippen MR) is 90.3 cm³/mol. The summed E-state index contributed by atoms with van der Waals surface area (Å²) in [5.74, 6) is 0. The second kappa shape index (κ2) is 6.15. The third-order valence-corrected chi connectivity index (χ3v) is 5.62. The Bertz CT molecular complexity index is 442. The van der Waals surface area contributed by atoms with Gasteiger partial charge < -0.3 is 9.80 Å². The summed E-state index contributed by atoms with van der Waals surface area (Å²) in [7, 11) is 6.60. The van der Waals surface area contributed by atoms with E-state index in [9.17, 15) is 0 Å². The van der Waals surface area contributed by atoms with Gasteiger partial charge in [-0.05, 0) is 67.0 Å². The maximum absolute atomic E-state index is 3.70. The highest BCUT2D eigenvalue weighted by molar-refractivity contribution is 9.10. The maximum atomic E-state index is 3.70. The fraction of sp³-hybridized carbons (Fsp3) is 0.600. The zero-order valence-corrected chi connectivity index (χ0v) is 15.1. The molecule has 0 aliphatic heterocycles. The third-order valence-electron chi connectivity index (χ3n) is 4.34. The lowest BCUT2D eigenvalue weighted by atomic mass is 9.75. The van der Waals surface area contributed by atoms with E-state index in [2.05, 4.69) is 81.0 Å². The Labute approximate surface area is 133 Å². The molecular weight excluding hydrogens is 368 g/mol. The number of halogens is 2. The first-order chi connectivity index (χ1) is 8.98. The van der Waals surface area contributed by atoms with Crippen LogP contribution in [-0.4, -0.2) is 38.1 Å². The van der Waals surface area contributed by atoms with E-state index in [-0.39, 0.29) is 0 Å². The van der Waals surface area contributed by atoms with Gasteiger partial charge in [-0.15, -0.1) is 0 Å². The van der Waals surface area contributed by atoms with Crippen molar-refractivity contribution in [3.63, 3.8) is 0 Å². The molecule has 0 amide bonds. The second-order valence-corrected chi connectivity index (χ2v) is 7.16. The molecule has 0 bridgehead atoms. The predicted octanol–water partition coefficient (Wildman–Crippen LogP) is 4.26. The molecule has 0 aromatic heterocycles. The number of rotatable bonds is 5. The Balaban J connectivity index is 2.13. The molecule has 2 rings (SSSR count). The summed E-state index contributed by atoms with van der Waals surface area (Å²) in [5, 5.41) is 0.900. The molecule has 0 N–H and O–H groups in total. The van der Waals surface area contributed by atoms with Crippen LogP contribution in [0.2, 0.25) is 0 Å². The Kier molecular flexibility index (Phi) is 4.96. The molecule has 0 spiro atoms. The monoisotopic (exact) mass is 388 g/mol. The highest BCUT2D eigenvalue weighted by Crippen LogP contribution is 2.38. The van der Waals surface area contributed by atoms with Gasteiger partial charge in [-0.25, -0.2) is 0 Å². The average molecular weight is 390 g/mol. The van der Waals surface area contributed by atoms with Crippen LogP contribution < -0.4 is 4.90 Å². The van der Waals surface area contributed by atoms with E-state index in [4.69, 9.17) is 0 Å². The fourth-order valence-electron chi connectivity index (χ4n) is 2.80. The molecule has 19 heavy (non-hydrogen) atoms. The molecule has 0 atom stereocenters. The molecule has 4 heteroatoms. The lowest BCUT2D eigenvalue weighted by Gasteiger charge is -2.49. The number of likely N-dealkylation sites (N-methyl/N-ethyl adjacent to an activating group) is 2. The summed E-state index contributed by atoms with van der Waals surface area (Å²) in [5.41, 5.74) is 2.94. The van der Waals surface area contributed by atoms with Gasteiger partial charge in [0.25, 0.3) is 0 Å². The quantitative estimate of drug-likeness (QED) is 0.694. The highest BCUT2D eigenvalue weighted by atomic mass is 79.9. The Morgan fingerprint density at radius 1 is 1.21 bits per heavy atom. The van der Waals surface area contributed by atoms with E-state index < -0.39 is 0 Å². The first-order valence-corrected chi connectivity index (χ1v) is 8.63. The van der Waals surface area contributed by atoms with Crippen LogP contribution in [0.5, 0.6) is 0 Å². The van der Waals surface area contributed by atoms with Crippen molar-refractivity contribution in [2.45, 2.75) is 30.1 Å². The van der Waals surface area contributed by atoms with Crippen LogP contribution >= 0.6 is 31.9 Å². The molecule has 1 saturated carbocycles. The first-order valence-electron chi connectivity index (χ1n) is 6.71. The second-order valence-electron chi connectivity index (χ2n) is 5.75. The Hall–Kier alpha value is -0.0600. The summed E-state index contributed by atoms with van der Waals surface area (Å²) >= 11 is 7.20. The van der Waals surface area contributed by atoms with Gasteiger partial charge in [0.2, 0.25) is 0 Å². The minimum absolute atomic E-state index is 0.363. The zero-order chi connectivity index (χ0) is 14.0. The molecule has 1 aromatic rings. The van der Waals surface area contributed by atoms with E-state index in [1.54, 1.807) is 0 Å². The molecule has 1 aliphatic carbocycles. The van der Waals surface area contributed by atoms with Crippen LogP contribution in [0.25, 0.3) is 0 Å². The van der Waals surface area contributed by atoms with Gasteiger partial charge in [0.05, 0.1) is 5.69 Å². The fourth-order valence-corrected chi connectivity index (χ4v) is 3.88. The van der Waals surface area contributed by atoms with E-state index in [0.29, 0.717) is 5.54 Å². The maximum Gasteiger partial charge on any atom is 0.0508 e. The van der Waals surface area contributed by atoms with Gasteiger partial charge in [-0.2, -0.15) is 0 Å². The van der Waals surface area contributed by atoms with Gasteiger partial charge in [0.15, 0.2) is 0 Å². The smallest absolute Gasteiger partial charge is 0.0508 e. The minimum Gasteiger partial charge on any atom is -0.372 e. The summed E-state index contributed by atoms with van der Waals surface area (Å²) in [6, 6.07) is 6.60. The van der Waals surface area contributed by atoms with Crippen molar-refractivity contribution in [2.24, 2.45) is 0 Å². The average Bonchev–Trinajstić information content (AvgIpc) is 2.32. The van der Waals surface area contributed by atoms with Crippen molar-refractivity contribution >= 4 is 37.5 Å². The molecule has 1 fully saturated rings. The van der Waals surface area contributed by atoms with E-state index >= 15 is 0 Å². The van der Waals surface area contributed by atoms with E-state index in [1.165, 1.54) is 35.0 Å². The van der Waals surface area contributed by atoms with Gasteiger partial charge in [0.1, 0.15) is 0 Å². The van der Waals surface area contributed by atoms with Crippen molar-refractivity contribution in [1.29, 1.82) is 0 Å². The van der Waals surface area contributed by atoms with Crippen molar-refractivity contribution in [2.75, 3.05) is 32.6 Å². The van der Waals surface area contributed by atoms with E-state index in [1.807, 2.05) is 0 Å². The zero-order valence-electron chi connectivity index (χ0n) is 11.9. The Morgan fingerprint density at radius 3 is 2.32 bits per heavy atom. The van der Waals surface area contributed by atoms with Crippen LogP contribution in [0.3, 0.4) is 0 Å². The molecule has 1 aromatic carbocycles. The molecule has 106 valence electrons. The number of hydrogen-bond acceptors (Lipinski definition) is 2. The molecule has 0 saturated heterocycles. The van der Waals surface area contributed by atoms with Crippen LogP contribution in [0, 0.1) is 0 Å². The van der Waals surface area contributed by atoms with Gasteiger partial charge in [-0.1, -0.05) is 22.0 Å². The van der Waals surface area contributed by atoms with Crippen LogP contribution in [-0.2, 0) is 5.33 Å². The third kappa shape index (κ3) is 3.17. The van der Waals surface area contributed by atoms with Gasteiger partial charge >= 0.3 is 0 Å². The topological polar surface area (TPSA) is 6.48 Å². The largest absolute Gasteiger partial charge is 0.372 e. The molecule has 0 unspecified atom stereocenters. The summed E-state index contributed by atoms with van der Waals surface area (Å²) in [6.45, 7) is 1.09. The number of nitrogens with zero attached hydrogens (tertiary/aromatic N) is 2. The molecule has 0 radical (unpaired) electrons. The first kappa shape index (κ1) is 15.3. The summed E-state index contributed by atoms with van der Waals surface area (Å²) < 4.78 is 1.18. The van der Waals surface area contributed by atoms with Crippen LogP contribution in [0.4, 0.5) is 5.69 Å². The van der Waals surface area contributed by atoms with Crippen molar-refractivity contribution in [3.8, 4) is 0 Å². The number of hydrogen-bond donors (Lipinski definition) is 0. The van der Waals surface area contributed by atoms with Crippen LogP contribution in [0.1, 0.15) is 24.8 Å². The van der Waals surface area contributed by atoms with Crippen molar-refractivity contribution in [3.05, 3.63) is 28.2 Å².